The number of amides is 1. The second kappa shape index (κ2) is 6.37. The summed E-state index contributed by atoms with van der Waals surface area (Å²) < 4.78 is 0.811. The van der Waals surface area contributed by atoms with Crippen molar-refractivity contribution in [2.24, 2.45) is 11.8 Å². The number of rotatable bonds is 4. The van der Waals surface area contributed by atoms with Gasteiger partial charge in [0.2, 0.25) is 0 Å². The maximum absolute atomic E-state index is 12.2. The molecule has 0 radical (unpaired) electrons. The summed E-state index contributed by atoms with van der Waals surface area (Å²) in [6.07, 6.45) is 5.40. The lowest BCUT2D eigenvalue weighted by atomic mass is 10.1. The molecule has 1 heterocycles. The van der Waals surface area contributed by atoms with E-state index >= 15 is 0 Å². The number of halogens is 1. The van der Waals surface area contributed by atoms with E-state index in [2.05, 4.69) is 38.5 Å². The van der Waals surface area contributed by atoms with Crippen LogP contribution in [0.1, 0.15) is 36.5 Å². The predicted molar refractivity (Wildman–Crippen MR) is 80.3 cm³/mol. The van der Waals surface area contributed by atoms with Gasteiger partial charge in [-0.25, -0.2) is 4.98 Å². The van der Waals surface area contributed by atoms with Crippen LogP contribution < -0.4 is 10.6 Å². The fourth-order valence-electron chi connectivity index (χ4n) is 2.65. The number of nitrogens with zero attached hydrogens (tertiary/aromatic N) is 1. The van der Waals surface area contributed by atoms with Gasteiger partial charge >= 0.3 is 0 Å². The molecular formula is C14H20BrN3O. The molecule has 0 spiro atoms. The van der Waals surface area contributed by atoms with Crippen LogP contribution in [-0.2, 0) is 0 Å². The summed E-state index contributed by atoms with van der Waals surface area (Å²) in [7, 11) is 1.77. The molecule has 2 atom stereocenters. The second-order valence-electron chi connectivity index (χ2n) is 5.29. The number of nitrogens with one attached hydrogen (secondary N) is 2. The molecular weight excluding hydrogens is 306 g/mol. The van der Waals surface area contributed by atoms with Crippen LogP contribution in [0.25, 0.3) is 0 Å². The molecule has 1 aliphatic carbocycles. The Hall–Kier alpha value is -1.10. The van der Waals surface area contributed by atoms with E-state index in [4.69, 9.17) is 0 Å². The number of hydrogen-bond acceptors (Lipinski definition) is 3. The first-order valence-corrected chi connectivity index (χ1v) is 7.51. The lowest BCUT2D eigenvalue weighted by molar-refractivity contribution is 0.0947. The number of hydrogen-bond donors (Lipinski definition) is 2. The Bertz CT molecular complexity index is 464. The maximum atomic E-state index is 12.2. The van der Waals surface area contributed by atoms with E-state index in [1.807, 2.05) is 0 Å². The van der Waals surface area contributed by atoms with Crippen molar-refractivity contribution in [2.45, 2.75) is 26.2 Å². The fraction of sp³-hybridized carbons (Fsp3) is 0.571. The minimum Gasteiger partial charge on any atom is -0.372 e. The molecule has 2 unspecified atom stereocenters. The molecule has 0 aromatic carbocycles. The Labute approximate surface area is 122 Å². The summed E-state index contributed by atoms with van der Waals surface area (Å²) in [5.74, 6) is 1.97. The van der Waals surface area contributed by atoms with E-state index in [1.54, 1.807) is 19.3 Å². The van der Waals surface area contributed by atoms with Crippen LogP contribution in [0.2, 0.25) is 0 Å². The highest BCUT2D eigenvalue weighted by Gasteiger charge is 2.22. The predicted octanol–water partition coefficient (Wildman–Crippen LogP) is 3.05. The molecule has 0 saturated heterocycles. The number of anilines is 1. The number of aromatic nitrogens is 1. The molecule has 1 aliphatic rings. The molecule has 0 aliphatic heterocycles. The maximum Gasteiger partial charge on any atom is 0.255 e. The second-order valence-corrected chi connectivity index (χ2v) is 6.21. The van der Waals surface area contributed by atoms with Gasteiger partial charge in [0.1, 0.15) is 5.82 Å². The molecule has 1 fully saturated rings. The summed E-state index contributed by atoms with van der Waals surface area (Å²) in [6, 6.07) is 1.80. The quantitative estimate of drug-likeness (QED) is 0.894. The Kier molecular flexibility index (Phi) is 4.80. The zero-order chi connectivity index (χ0) is 13.8. The van der Waals surface area contributed by atoms with E-state index in [9.17, 15) is 4.79 Å². The topological polar surface area (TPSA) is 54.0 Å². The van der Waals surface area contributed by atoms with Crippen molar-refractivity contribution >= 4 is 27.7 Å². The molecule has 1 aromatic rings. The number of carbonyl (C=O) groups is 1. The minimum absolute atomic E-state index is 0.0577. The van der Waals surface area contributed by atoms with Crippen molar-refractivity contribution in [2.75, 3.05) is 18.9 Å². The van der Waals surface area contributed by atoms with Crippen LogP contribution in [0.3, 0.4) is 0 Å². The van der Waals surface area contributed by atoms with Gasteiger partial charge in [-0.05, 0) is 46.7 Å². The first-order chi connectivity index (χ1) is 9.10. The molecule has 1 amide bonds. The van der Waals surface area contributed by atoms with Crippen molar-refractivity contribution in [1.82, 2.24) is 10.3 Å². The van der Waals surface area contributed by atoms with Crippen LogP contribution in [0.15, 0.2) is 16.7 Å². The smallest absolute Gasteiger partial charge is 0.255 e. The Morgan fingerprint density at radius 2 is 2.32 bits per heavy atom. The normalized spacial score (nSPS) is 22.3. The van der Waals surface area contributed by atoms with Crippen molar-refractivity contribution in [3.63, 3.8) is 0 Å². The van der Waals surface area contributed by atoms with E-state index in [1.165, 1.54) is 19.3 Å². The van der Waals surface area contributed by atoms with Gasteiger partial charge in [-0.2, -0.15) is 0 Å². The molecule has 5 heteroatoms. The highest BCUT2D eigenvalue weighted by molar-refractivity contribution is 9.10. The first-order valence-electron chi connectivity index (χ1n) is 6.71. The van der Waals surface area contributed by atoms with Gasteiger partial charge in [0.05, 0.1) is 5.56 Å². The monoisotopic (exact) mass is 325 g/mol. The van der Waals surface area contributed by atoms with Gasteiger partial charge < -0.3 is 10.6 Å². The summed E-state index contributed by atoms with van der Waals surface area (Å²) >= 11 is 3.35. The van der Waals surface area contributed by atoms with Gasteiger partial charge in [-0.1, -0.05) is 13.3 Å². The van der Waals surface area contributed by atoms with Crippen molar-refractivity contribution < 1.29 is 4.79 Å². The fourth-order valence-corrected chi connectivity index (χ4v) is 2.99. The third kappa shape index (κ3) is 3.69. The molecule has 0 bridgehead atoms. The van der Waals surface area contributed by atoms with Crippen LogP contribution in [-0.4, -0.2) is 24.5 Å². The zero-order valence-corrected chi connectivity index (χ0v) is 13.0. The Balaban J connectivity index is 1.97. The average Bonchev–Trinajstić information content (AvgIpc) is 2.81. The van der Waals surface area contributed by atoms with Gasteiger partial charge in [-0.15, -0.1) is 0 Å². The molecule has 2 rings (SSSR count). The lowest BCUT2D eigenvalue weighted by Gasteiger charge is -2.13. The molecule has 19 heavy (non-hydrogen) atoms. The van der Waals surface area contributed by atoms with Crippen LogP contribution >= 0.6 is 15.9 Å². The van der Waals surface area contributed by atoms with Crippen molar-refractivity contribution in [1.29, 1.82) is 0 Å². The van der Waals surface area contributed by atoms with E-state index < -0.39 is 0 Å². The van der Waals surface area contributed by atoms with E-state index in [-0.39, 0.29) is 5.91 Å². The van der Waals surface area contributed by atoms with Gasteiger partial charge in [0.15, 0.2) is 0 Å². The number of carbonyl (C=O) groups excluding carboxylic acids is 1. The van der Waals surface area contributed by atoms with Crippen molar-refractivity contribution in [3.8, 4) is 0 Å². The Morgan fingerprint density at radius 1 is 1.53 bits per heavy atom. The van der Waals surface area contributed by atoms with Crippen LogP contribution in [0.4, 0.5) is 5.82 Å². The SMILES string of the molecule is CNc1ncc(Br)cc1C(=O)NCC1CCC(C)C1. The summed E-state index contributed by atoms with van der Waals surface area (Å²) in [4.78, 5) is 16.4. The largest absolute Gasteiger partial charge is 0.372 e. The average molecular weight is 326 g/mol. The van der Waals surface area contributed by atoms with Crippen molar-refractivity contribution in [3.05, 3.63) is 22.3 Å². The van der Waals surface area contributed by atoms with Gasteiger partial charge in [0.25, 0.3) is 5.91 Å². The molecule has 1 saturated carbocycles. The molecule has 1 aromatic heterocycles. The molecule has 2 N–H and O–H groups in total. The lowest BCUT2D eigenvalue weighted by Crippen LogP contribution is -2.29. The molecule has 4 nitrogen and oxygen atoms in total. The zero-order valence-electron chi connectivity index (χ0n) is 11.4. The minimum atomic E-state index is -0.0577. The Morgan fingerprint density at radius 3 is 2.95 bits per heavy atom. The highest BCUT2D eigenvalue weighted by Crippen LogP contribution is 2.29. The van der Waals surface area contributed by atoms with E-state index in [0.717, 1.165) is 16.9 Å². The third-order valence-corrected chi connectivity index (χ3v) is 4.12. The van der Waals surface area contributed by atoms with Crippen LogP contribution in [0, 0.1) is 11.8 Å². The highest BCUT2D eigenvalue weighted by atomic mass is 79.9. The summed E-state index contributed by atoms with van der Waals surface area (Å²) in [5, 5.41) is 5.97. The van der Waals surface area contributed by atoms with Gasteiger partial charge in [-0.3, -0.25) is 4.79 Å². The van der Waals surface area contributed by atoms with Crippen LogP contribution in [0.5, 0.6) is 0 Å². The standard InChI is InChI=1S/C14H20BrN3O/c1-9-3-4-10(5-9)7-18-14(19)12-6-11(15)8-17-13(12)16-2/h6,8-10H,3-5,7H2,1-2H3,(H,16,17)(H,18,19). The number of pyridine rings is 1. The summed E-state index contributed by atoms with van der Waals surface area (Å²) in [6.45, 7) is 3.04. The summed E-state index contributed by atoms with van der Waals surface area (Å²) in [5.41, 5.74) is 0.586. The van der Waals surface area contributed by atoms with Gasteiger partial charge in [0, 0.05) is 24.3 Å². The molecule has 104 valence electrons. The third-order valence-electron chi connectivity index (χ3n) is 3.69. The van der Waals surface area contributed by atoms with E-state index in [0.29, 0.717) is 17.3 Å². The first kappa shape index (κ1) is 14.3.